The van der Waals surface area contributed by atoms with E-state index >= 15 is 0 Å². The van der Waals surface area contributed by atoms with Gasteiger partial charge in [0, 0.05) is 37.0 Å². The number of guanidine groups is 1. The van der Waals surface area contributed by atoms with Crippen LogP contribution >= 0.6 is 11.3 Å². The molecule has 0 saturated carbocycles. The van der Waals surface area contributed by atoms with Crippen LogP contribution < -0.4 is 10.6 Å². The van der Waals surface area contributed by atoms with E-state index in [2.05, 4.69) is 47.0 Å². The second kappa shape index (κ2) is 8.17. The second-order valence-electron chi connectivity index (χ2n) is 4.91. The normalized spacial score (nSPS) is 12.5. The molecule has 0 atom stereocenters. The summed E-state index contributed by atoms with van der Waals surface area (Å²) in [5, 5.41) is 8.72. The summed E-state index contributed by atoms with van der Waals surface area (Å²) in [6.07, 6.45) is 0. The summed E-state index contributed by atoms with van der Waals surface area (Å²) in [7, 11) is 1.79. The minimum absolute atomic E-state index is 0.103. The molecule has 0 radical (unpaired) electrons. The summed E-state index contributed by atoms with van der Waals surface area (Å²) >= 11 is 1.79. The summed E-state index contributed by atoms with van der Waals surface area (Å²) in [6.45, 7) is 9.54. The van der Waals surface area contributed by atoms with E-state index in [4.69, 9.17) is 4.74 Å². The highest BCUT2D eigenvalue weighted by Gasteiger charge is 2.21. The first-order valence-corrected chi connectivity index (χ1v) is 7.54. The first-order chi connectivity index (χ1) is 9.10. The third kappa shape index (κ3) is 5.61. The molecule has 2 N–H and O–H groups in total. The molecule has 0 aliphatic heterocycles. The van der Waals surface area contributed by atoms with Gasteiger partial charge in [-0.05, 0) is 18.4 Å². The van der Waals surface area contributed by atoms with Gasteiger partial charge in [-0.2, -0.15) is 0 Å². The van der Waals surface area contributed by atoms with E-state index in [1.54, 1.807) is 18.4 Å². The number of thiophene rings is 1. The van der Waals surface area contributed by atoms with E-state index in [-0.39, 0.29) is 5.41 Å². The topological polar surface area (TPSA) is 45.6 Å². The van der Waals surface area contributed by atoms with Gasteiger partial charge in [0.25, 0.3) is 0 Å². The molecule has 19 heavy (non-hydrogen) atoms. The van der Waals surface area contributed by atoms with Crippen molar-refractivity contribution in [3.63, 3.8) is 0 Å². The summed E-state index contributed by atoms with van der Waals surface area (Å²) < 4.78 is 5.29. The molecule has 1 heterocycles. The third-order valence-electron chi connectivity index (χ3n) is 2.85. The Balaban J connectivity index is 2.37. The Morgan fingerprint density at radius 3 is 2.79 bits per heavy atom. The zero-order chi connectivity index (χ0) is 14.1. The average molecular weight is 283 g/mol. The first kappa shape index (κ1) is 16.0. The van der Waals surface area contributed by atoms with Gasteiger partial charge < -0.3 is 15.4 Å². The zero-order valence-corrected chi connectivity index (χ0v) is 13.1. The molecule has 0 aromatic carbocycles. The fourth-order valence-electron chi connectivity index (χ4n) is 1.66. The van der Waals surface area contributed by atoms with Crippen molar-refractivity contribution in [1.82, 2.24) is 10.6 Å². The van der Waals surface area contributed by atoms with E-state index in [1.165, 1.54) is 4.88 Å². The lowest BCUT2D eigenvalue weighted by Gasteiger charge is -2.25. The van der Waals surface area contributed by atoms with Crippen LogP contribution in [0.4, 0.5) is 0 Å². The largest absolute Gasteiger partial charge is 0.380 e. The summed E-state index contributed by atoms with van der Waals surface area (Å²) in [4.78, 5) is 5.59. The Bertz CT molecular complexity index is 374. The molecule has 0 amide bonds. The van der Waals surface area contributed by atoms with Crippen molar-refractivity contribution < 1.29 is 4.74 Å². The van der Waals surface area contributed by atoms with Gasteiger partial charge in [-0.15, -0.1) is 11.3 Å². The molecule has 0 saturated heterocycles. The molecule has 0 bridgehead atoms. The smallest absolute Gasteiger partial charge is 0.191 e. The highest BCUT2D eigenvalue weighted by atomic mass is 32.1. The molecule has 0 aliphatic carbocycles. The van der Waals surface area contributed by atoms with Crippen molar-refractivity contribution in [2.45, 2.75) is 26.2 Å². The summed E-state index contributed by atoms with van der Waals surface area (Å²) in [6, 6.07) is 4.27. The van der Waals surface area contributed by atoms with Crippen LogP contribution in [0.1, 0.15) is 25.6 Å². The number of rotatable bonds is 7. The molecule has 0 unspecified atom stereocenters. The van der Waals surface area contributed by atoms with Crippen LogP contribution in [-0.4, -0.2) is 39.3 Å². The van der Waals surface area contributed by atoms with Gasteiger partial charge in [-0.1, -0.05) is 19.9 Å². The second-order valence-corrected chi connectivity index (χ2v) is 5.86. The summed E-state index contributed by atoms with van der Waals surface area (Å²) in [5.74, 6) is 0.823. The molecule has 4 nitrogen and oxygen atoms in total. The van der Waals surface area contributed by atoms with Gasteiger partial charge in [0.2, 0.25) is 0 Å². The van der Waals surface area contributed by atoms with Gasteiger partial charge in [0.1, 0.15) is 0 Å². The maximum atomic E-state index is 5.29. The van der Waals surface area contributed by atoms with Crippen LogP contribution in [0, 0.1) is 0 Å². The van der Waals surface area contributed by atoms with Crippen molar-refractivity contribution in [1.29, 1.82) is 0 Å². The van der Waals surface area contributed by atoms with Crippen LogP contribution in [0.5, 0.6) is 0 Å². The SMILES string of the molecule is CCOCCNC(=NC)NCC(C)(C)c1cccs1. The molecular weight excluding hydrogens is 258 g/mol. The summed E-state index contributed by atoms with van der Waals surface area (Å²) in [5.41, 5.74) is 0.103. The maximum absolute atomic E-state index is 5.29. The standard InChI is InChI=1S/C14H25N3OS/c1-5-18-9-8-16-13(15-4)17-11-14(2,3)12-7-6-10-19-12/h6-7,10H,5,8-9,11H2,1-4H3,(H2,15,16,17). The average Bonchev–Trinajstić information content (AvgIpc) is 2.92. The van der Waals surface area contributed by atoms with Gasteiger partial charge in [0.05, 0.1) is 6.61 Å². The molecular formula is C14H25N3OS. The number of nitrogens with zero attached hydrogens (tertiary/aromatic N) is 1. The molecule has 108 valence electrons. The van der Waals surface area contributed by atoms with Crippen molar-refractivity contribution in [2.75, 3.05) is 33.4 Å². The van der Waals surface area contributed by atoms with Gasteiger partial charge >= 0.3 is 0 Å². The minimum Gasteiger partial charge on any atom is -0.380 e. The van der Waals surface area contributed by atoms with Crippen LogP contribution in [0.3, 0.4) is 0 Å². The molecule has 0 fully saturated rings. The lowest BCUT2D eigenvalue weighted by molar-refractivity contribution is 0.152. The quantitative estimate of drug-likeness (QED) is 0.458. The van der Waals surface area contributed by atoms with Crippen molar-refractivity contribution in [3.8, 4) is 0 Å². The first-order valence-electron chi connectivity index (χ1n) is 6.66. The third-order valence-corrected chi connectivity index (χ3v) is 4.09. The molecule has 1 rings (SSSR count). The molecule has 0 spiro atoms. The highest BCUT2D eigenvalue weighted by molar-refractivity contribution is 7.10. The Labute approximate surface area is 120 Å². The Morgan fingerprint density at radius 1 is 1.42 bits per heavy atom. The van der Waals surface area contributed by atoms with Crippen LogP contribution in [0.2, 0.25) is 0 Å². The van der Waals surface area contributed by atoms with Crippen molar-refractivity contribution >= 4 is 17.3 Å². The molecule has 5 heteroatoms. The molecule has 1 aromatic rings. The van der Waals surface area contributed by atoms with E-state index in [0.717, 1.165) is 25.7 Å². The fourth-order valence-corrected chi connectivity index (χ4v) is 2.51. The van der Waals surface area contributed by atoms with E-state index in [1.807, 2.05) is 6.92 Å². The Morgan fingerprint density at radius 2 is 2.21 bits per heavy atom. The fraction of sp³-hybridized carbons (Fsp3) is 0.643. The van der Waals surface area contributed by atoms with Gasteiger partial charge in [0.15, 0.2) is 5.96 Å². The lowest BCUT2D eigenvalue weighted by Crippen LogP contribution is -2.44. The lowest BCUT2D eigenvalue weighted by atomic mass is 9.91. The van der Waals surface area contributed by atoms with Crippen LogP contribution in [0.25, 0.3) is 0 Å². The highest BCUT2D eigenvalue weighted by Crippen LogP contribution is 2.26. The van der Waals surface area contributed by atoms with Gasteiger partial charge in [-0.25, -0.2) is 0 Å². The zero-order valence-electron chi connectivity index (χ0n) is 12.3. The Kier molecular flexibility index (Phi) is 6.87. The monoisotopic (exact) mass is 283 g/mol. The predicted molar refractivity (Wildman–Crippen MR) is 83.2 cm³/mol. The van der Waals surface area contributed by atoms with Crippen LogP contribution in [-0.2, 0) is 10.2 Å². The predicted octanol–water partition coefficient (Wildman–Crippen LogP) is 2.23. The molecule has 0 aliphatic rings. The molecule has 1 aromatic heterocycles. The van der Waals surface area contributed by atoms with E-state index < -0.39 is 0 Å². The van der Waals surface area contributed by atoms with E-state index in [9.17, 15) is 0 Å². The van der Waals surface area contributed by atoms with Crippen molar-refractivity contribution in [3.05, 3.63) is 22.4 Å². The Hall–Kier alpha value is -1.07. The van der Waals surface area contributed by atoms with Crippen molar-refractivity contribution in [2.24, 2.45) is 4.99 Å². The number of nitrogens with one attached hydrogen (secondary N) is 2. The minimum atomic E-state index is 0.103. The maximum Gasteiger partial charge on any atom is 0.191 e. The van der Waals surface area contributed by atoms with E-state index in [0.29, 0.717) is 6.61 Å². The number of hydrogen-bond donors (Lipinski definition) is 2. The van der Waals surface area contributed by atoms with Crippen LogP contribution in [0.15, 0.2) is 22.5 Å². The number of aliphatic imine (C=N–C) groups is 1. The number of hydrogen-bond acceptors (Lipinski definition) is 3. The van der Waals surface area contributed by atoms with Gasteiger partial charge in [-0.3, -0.25) is 4.99 Å². The number of ether oxygens (including phenoxy) is 1.